The minimum absolute atomic E-state index is 0.581. The van der Waals surface area contributed by atoms with Crippen molar-refractivity contribution < 1.29 is 9.47 Å². The fourth-order valence-corrected chi connectivity index (χ4v) is 2.75. The van der Waals surface area contributed by atoms with E-state index in [1.807, 2.05) is 32.0 Å². The zero-order valence-electron chi connectivity index (χ0n) is 17.6. The number of aliphatic imine (C=N–C) groups is 1. The van der Waals surface area contributed by atoms with Crippen molar-refractivity contribution in [3.8, 4) is 11.5 Å². The van der Waals surface area contributed by atoms with E-state index in [0.717, 1.165) is 24.7 Å². The van der Waals surface area contributed by atoms with Crippen LogP contribution in [0.15, 0.2) is 47.5 Å². The lowest BCUT2D eigenvalue weighted by Gasteiger charge is -2.14. The molecule has 0 amide bonds. The van der Waals surface area contributed by atoms with E-state index in [4.69, 9.17) is 14.5 Å². The van der Waals surface area contributed by atoms with Crippen LogP contribution in [-0.2, 0) is 13.1 Å². The summed E-state index contributed by atoms with van der Waals surface area (Å²) in [5.41, 5.74) is 3.36. The number of nitrogens with zero attached hydrogens (tertiary/aromatic N) is 2. The van der Waals surface area contributed by atoms with E-state index < -0.39 is 0 Å². The van der Waals surface area contributed by atoms with Crippen LogP contribution < -0.4 is 20.1 Å². The second-order valence-electron chi connectivity index (χ2n) is 6.67. The van der Waals surface area contributed by atoms with E-state index >= 15 is 0 Å². The van der Waals surface area contributed by atoms with Gasteiger partial charge in [-0.2, -0.15) is 0 Å². The lowest BCUT2D eigenvalue weighted by atomic mass is 10.1. The van der Waals surface area contributed by atoms with Gasteiger partial charge in [0.2, 0.25) is 0 Å². The highest BCUT2D eigenvalue weighted by atomic mass is 16.5. The highest BCUT2D eigenvalue weighted by Crippen LogP contribution is 2.30. The average Bonchev–Trinajstić information content (AvgIpc) is 2.67. The number of ether oxygens (including phenoxy) is 2. The third-order valence-corrected chi connectivity index (χ3v) is 4.01. The number of nitrogens with one attached hydrogen (secondary N) is 2. The van der Waals surface area contributed by atoms with E-state index in [9.17, 15) is 0 Å². The molecule has 0 unspecified atom stereocenters. The maximum Gasteiger partial charge on any atom is 0.196 e. The Morgan fingerprint density at radius 1 is 1.00 bits per heavy atom. The summed E-state index contributed by atoms with van der Waals surface area (Å²) in [6, 6.07) is 14.3. The number of hydrogen-bond donors (Lipinski definition) is 2. The van der Waals surface area contributed by atoms with Gasteiger partial charge in [0, 0.05) is 24.8 Å². The summed E-state index contributed by atoms with van der Waals surface area (Å²) in [5.74, 6) is 2.15. The van der Waals surface area contributed by atoms with Gasteiger partial charge >= 0.3 is 0 Å². The standard InChI is InChI=1S/C22H32N4O2/c1-6-23-22(24-15-17-8-10-18(11-9-17)16-26(3)4)25-19-12-13-20(27-5)21(14-19)28-7-2/h8-14H,6-7,15-16H2,1-5H3,(H2,23,24,25). The summed E-state index contributed by atoms with van der Waals surface area (Å²) in [6.07, 6.45) is 0. The van der Waals surface area contributed by atoms with Crippen molar-refractivity contribution in [2.24, 2.45) is 4.99 Å². The van der Waals surface area contributed by atoms with Crippen molar-refractivity contribution in [2.45, 2.75) is 26.9 Å². The van der Waals surface area contributed by atoms with Crippen LogP contribution in [0.4, 0.5) is 5.69 Å². The summed E-state index contributed by atoms with van der Waals surface area (Å²) in [7, 11) is 5.78. The Bertz CT molecular complexity index is 758. The van der Waals surface area contributed by atoms with Gasteiger partial charge in [0.15, 0.2) is 17.5 Å². The Labute approximate surface area is 168 Å². The predicted molar refractivity (Wildman–Crippen MR) is 116 cm³/mol. The number of benzene rings is 2. The first-order valence-electron chi connectivity index (χ1n) is 9.64. The van der Waals surface area contributed by atoms with Gasteiger partial charge in [-0.1, -0.05) is 24.3 Å². The van der Waals surface area contributed by atoms with Gasteiger partial charge in [-0.25, -0.2) is 4.99 Å². The van der Waals surface area contributed by atoms with Gasteiger partial charge in [-0.05, 0) is 51.2 Å². The summed E-state index contributed by atoms with van der Waals surface area (Å²) in [5, 5.41) is 6.61. The molecule has 6 heteroatoms. The predicted octanol–water partition coefficient (Wildman–Crippen LogP) is 3.73. The van der Waals surface area contributed by atoms with Gasteiger partial charge in [0.25, 0.3) is 0 Å². The molecule has 2 aromatic rings. The van der Waals surface area contributed by atoms with Gasteiger partial charge < -0.3 is 25.0 Å². The van der Waals surface area contributed by atoms with Crippen LogP contribution in [0.5, 0.6) is 11.5 Å². The van der Waals surface area contributed by atoms with Crippen LogP contribution in [-0.4, -0.2) is 45.2 Å². The molecule has 0 aromatic heterocycles. The third-order valence-electron chi connectivity index (χ3n) is 4.01. The number of methoxy groups -OCH3 is 1. The van der Waals surface area contributed by atoms with E-state index in [1.54, 1.807) is 7.11 Å². The van der Waals surface area contributed by atoms with E-state index in [2.05, 4.69) is 53.9 Å². The molecule has 0 aliphatic rings. The Balaban J connectivity index is 2.08. The number of rotatable bonds is 9. The monoisotopic (exact) mass is 384 g/mol. The lowest BCUT2D eigenvalue weighted by molar-refractivity contribution is 0.311. The average molecular weight is 385 g/mol. The lowest BCUT2D eigenvalue weighted by Crippen LogP contribution is -2.30. The van der Waals surface area contributed by atoms with E-state index in [1.165, 1.54) is 11.1 Å². The molecule has 6 nitrogen and oxygen atoms in total. The minimum atomic E-state index is 0.581. The Kier molecular flexibility index (Phi) is 8.62. The first-order valence-corrected chi connectivity index (χ1v) is 9.64. The third kappa shape index (κ3) is 6.78. The SMILES string of the molecule is CCNC(=NCc1ccc(CN(C)C)cc1)Nc1ccc(OC)c(OCC)c1. The second-order valence-corrected chi connectivity index (χ2v) is 6.67. The summed E-state index contributed by atoms with van der Waals surface area (Å²) >= 11 is 0. The van der Waals surface area contributed by atoms with Crippen LogP contribution in [0.1, 0.15) is 25.0 Å². The maximum atomic E-state index is 5.65. The van der Waals surface area contributed by atoms with E-state index in [0.29, 0.717) is 24.7 Å². The normalized spacial score (nSPS) is 11.4. The molecule has 0 atom stereocenters. The molecule has 0 bridgehead atoms. The molecule has 152 valence electrons. The molecule has 2 rings (SSSR count). The molecule has 0 spiro atoms. The van der Waals surface area contributed by atoms with Crippen LogP contribution in [0.2, 0.25) is 0 Å². The smallest absolute Gasteiger partial charge is 0.196 e. The second kappa shape index (κ2) is 11.2. The Morgan fingerprint density at radius 2 is 1.71 bits per heavy atom. The Hall–Kier alpha value is -2.73. The van der Waals surface area contributed by atoms with Gasteiger partial charge in [-0.15, -0.1) is 0 Å². The van der Waals surface area contributed by atoms with E-state index in [-0.39, 0.29) is 0 Å². The van der Waals surface area contributed by atoms with Gasteiger partial charge in [0.1, 0.15) is 0 Å². The van der Waals surface area contributed by atoms with Crippen LogP contribution in [0, 0.1) is 0 Å². The molecule has 0 aliphatic heterocycles. The Morgan fingerprint density at radius 3 is 2.32 bits per heavy atom. The first-order chi connectivity index (χ1) is 13.5. The maximum absolute atomic E-state index is 5.65. The van der Waals surface area contributed by atoms with Crippen LogP contribution in [0.25, 0.3) is 0 Å². The quantitative estimate of drug-likeness (QED) is 0.510. The molecule has 2 N–H and O–H groups in total. The van der Waals surface area contributed by atoms with Crippen LogP contribution in [0.3, 0.4) is 0 Å². The summed E-state index contributed by atoms with van der Waals surface area (Å²) in [4.78, 5) is 6.86. The topological polar surface area (TPSA) is 58.1 Å². The molecule has 0 aliphatic carbocycles. The molecule has 2 aromatic carbocycles. The van der Waals surface area contributed by atoms with Crippen molar-refractivity contribution in [2.75, 3.05) is 39.7 Å². The van der Waals surface area contributed by atoms with Crippen molar-refractivity contribution in [1.82, 2.24) is 10.2 Å². The number of anilines is 1. The summed E-state index contributed by atoms with van der Waals surface area (Å²) in [6.45, 7) is 6.90. The molecule has 0 radical (unpaired) electrons. The highest BCUT2D eigenvalue weighted by Gasteiger charge is 2.07. The van der Waals surface area contributed by atoms with Crippen molar-refractivity contribution >= 4 is 11.6 Å². The zero-order valence-corrected chi connectivity index (χ0v) is 17.6. The molecule has 0 heterocycles. The summed E-state index contributed by atoms with van der Waals surface area (Å²) < 4.78 is 11.0. The number of hydrogen-bond acceptors (Lipinski definition) is 4. The molecule has 0 fully saturated rings. The fraction of sp³-hybridized carbons (Fsp3) is 0.409. The molecular weight excluding hydrogens is 352 g/mol. The highest BCUT2D eigenvalue weighted by molar-refractivity contribution is 5.93. The zero-order chi connectivity index (χ0) is 20.4. The number of guanidine groups is 1. The molecule has 0 saturated carbocycles. The van der Waals surface area contributed by atoms with Crippen LogP contribution >= 0.6 is 0 Å². The fourth-order valence-electron chi connectivity index (χ4n) is 2.75. The molecule has 28 heavy (non-hydrogen) atoms. The first kappa shape index (κ1) is 21.6. The molecular formula is C22H32N4O2. The molecule has 0 saturated heterocycles. The minimum Gasteiger partial charge on any atom is -0.493 e. The van der Waals surface area contributed by atoms with Gasteiger partial charge in [-0.3, -0.25) is 0 Å². The largest absolute Gasteiger partial charge is 0.493 e. The van der Waals surface area contributed by atoms with Gasteiger partial charge in [0.05, 0.1) is 20.3 Å². The van der Waals surface area contributed by atoms with Crippen molar-refractivity contribution in [3.05, 3.63) is 53.6 Å². The van der Waals surface area contributed by atoms with Crippen molar-refractivity contribution in [3.63, 3.8) is 0 Å². The van der Waals surface area contributed by atoms with Crippen molar-refractivity contribution in [1.29, 1.82) is 0 Å².